The van der Waals surface area contributed by atoms with E-state index >= 15 is 0 Å². The van der Waals surface area contributed by atoms with E-state index in [0.29, 0.717) is 63.7 Å². The van der Waals surface area contributed by atoms with E-state index in [9.17, 15) is 15.0 Å². The van der Waals surface area contributed by atoms with Gasteiger partial charge in [-0.3, -0.25) is 24.7 Å². The summed E-state index contributed by atoms with van der Waals surface area (Å²) < 4.78 is 25.2. The van der Waals surface area contributed by atoms with Crippen molar-refractivity contribution < 1.29 is 34.0 Å². The number of pyridine rings is 2. The maximum Gasteiger partial charge on any atom is 0.320 e. The van der Waals surface area contributed by atoms with Gasteiger partial charge in [-0.15, -0.1) is 0 Å². The lowest BCUT2D eigenvalue weighted by Crippen LogP contribution is -2.44. The minimum atomic E-state index is -0.834. The highest BCUT2D eigenvalue weighted by Gasteiger charge is 2.29. The molecule has 14 heteroatoms. The smallest absolute Gasteiger partial charge is 0.320 e. The van der Waals surface area contributed by atoms with E-state index in [4.69, 9.17) is 47.6 Å². The zero-order chi connectivity index (χ0) is 45.9. The van der Waals surface area contributed by atoms with Gasteiger partial charge in [0, 0.05) is 96.3 Å². The molecule has 6 aromatic rings. The van der Waals surface area contributed by atoms with Gasteiger partial charge in [-0.25, -0.2) is 0 Å². The third kappa shape index (κ3) is 11.7. The molecular formula is C51H51Cl2N5O7. The van der Waals surface area contributed by atoms with Gasteiger partial charge in [0.15, 0.2) is 0 Å². The number of rotatable bonds is 19. The van der Waals surface area contributed by atoms with Crippen LogP contribution in [0.5, 0.6) is 23.0 Å². The number of aliphatic carboxylic acids is 1. The summed E-state index contributed by atoms with van der Waals surface area (Å²) in [6.45, 7) is 5.74. The van der Waals surface area contributed by atoms with Crippen molar-refractivity contribution in [2.24, 2.45) is 4.99 Å². The molecule has 3 N–H and O–H groups in total. The molecule has 12 nitrogen and oxygen atoms in total. The van der Waals surface area contributed by atoms with Crippen molar-refractivity contribution >= 4 is 41.6 Å². The van der Waals surface area contributed by atoms with Crippen LogP contribution in [-0.4, -0.2) is 63.1 Å². The first kappa shape index (κ1) is 46.7. The van der Waals surface area contributed by atoms with Crippen LogP contribution in [0.3, 0.4) is 0 Å². The summed E-state index contributed by atoms with van der Waals surface area (Å²) in [5, 5.41) is 28.3. The Kier molecular flexibility index (Phi) is 15.8. The molecule has 65 heavy (non-hydrogen) atoms. The highest BCUT2D eigenvalue weighted by molar-refractivity contribution is 6.32. The van der Waals surface area contributed by atoms with Gasteiger partial charge in [-0.2, -0.15) is 0 Å². The largest absolute Gasteiger partial charge is 0.488 e. The Hall–Kier alpha value is -6.31. The zero-order valence-corrected chi connectivity index (χ0v) is 38.0. The van der Waals surface area contributed by atoms with Gasteiger partial charge >= 0.3 is 5.97 Å². The molecule has 0 radical (unpaired) electrons. The van der Waals surface area contributed by atoms with Crippen LogP contribution in [0.1, 0.15) is 74.9 Å². The van der Waals surface area contributed by atoms with Crippen molar-refractivity contribution in [1.82, 2.24) is 14.9 Å². The number of ether oxygens (including phenoxy) is 4. The first-order valence-corrected chi connectivity index (χ1v) is 22.0. The normalized spacial score (nSPS) is 14.0. The zero-order valence-electron chi connectivity index (χ0n) is 36.5. The average Bonchev–Trinajstić information content (AvgIpc) is 3.31. The van der Waals surface area contributed by atoms with E-state index < -0.39 is 12.0 Å². The molecule has 3 heterocycles. The minimum absolute atomic E-state index is 0.182. The summed E-state index contributed by atoms with van der Waals surface area (Å²) in [4.78, 5) is 26.7. The fourth-order valence-corrected chi connectivity index (χ4v) is 8.42. The molecule has 1 atom stereocenters. The second-order valence-electron chi connectivity index (χ2n) is 15.9. The van der Waals surface area contributed by atoms with Crippen molar-refractivity contribution in [1.29, 1.82) is 5.41 Å². The molecular weight excluding hydrogens is 865 g/mol. The van der Waals surface area contributed by atoms with Crippen molar-refractivity contribution in [2.75, 3.05) is 13.6 Å². The van der Waals surface area contributed by atoms with Crippen molar-refractivity contribution in [3.63, 3.8) is 0 Å². The number of aliphatic hydroxyl groups is 1. The van der Waals surface area contributed by atoms with Crippen molar-refractivity contribution in [3.8, 4) is 34.1 Å². The SMILES string of the molecule is CN=Cc1cncc(COc2cc(OCc3cccc(-c4cccc(COc5cc(OCc6cncc(C=N)c6)c(CO)cc5Cl)c4C)c3C)c(Cl)cc2CN2CCCC[C@H]2C(=O)O)c1. The first-order chi connectivity index (χ1) is 31.5. The van der Waals surface area contributed by atoms with Crippen LogP contribution in [0.25, 0.3) is 11.1 Å². The summed E-state index contributed by atoms with van der Waals surface area (Å²) in [7, 11) is 1.71. The predicted octanol–water partition coefficient (Wildman–Crippen LogP) is 10.4. The molecule has 1 saturated heterocycles. The van der Waals surface area contributed by atoms with Gasteiger partial charge < -0.3 is 34.6 Å². The molecule has 0 saturated carbocycles. The second-order valence-corrected chi connectivity index (χ2v) is 16.7. The minimum Gasteiger partial charge on any atom is -0.488 e. The number of hydrogen-bond acceptors (Lipinski definition) is 11. The first-order valence-electron chi connectivity index (χ1n) is 21.3. The maximum absolute atomic E-state index is 12.2. The van der Waals surface area contributed by atoms with Gasteiger partial charge in [0.2, 0.25) is 0 Å². The van der Waals surface area contributed by atoms with E-state index in [1.807, 2.05) is 47.4 Å². The van der Waals surface area contributed by atoms with Gasteiger partial charge in [0.05, 0.1) is 16.7 Å². The molecule has 4 aromatic carbocycles. The molecule has 1 aliphatic heterocycles. The quantitative estimate of drug-likeness (QED) is 0.0668. The molecule has 0 aliphatic carbocycles. The third-order valence-corrected chi connectivity index (χ3v) is 12.1. The Morgan fingerprint density at radius 1 is 0.738 bits per heavy atom. The number of carboxylic acid groups (broad SMARTS) is 1. The van der Waals surface area contributed by atoms with Crippen molar-refractivity contribution in [3.05, 3.63) is 163 Å². The highest BCUT2D eigenvalue weighted by Crippen LogP contribution is 2.38. The molecule has 0 bridgehead atoms. The number of aliphatic imine (C=N–C) groups is 1. The van der Waals surface area contributed by atoms with Crippen LogP contribution >= 0.6 is 23.2 Å². The molecule has 336 valence electrons. The summed E-state index contributed by atoms with van der Waals surface area (Å²) >= 11 is 13.6. The van der Waals surface area contributed by atoms with E-state index in [0.717, 1.165) is 68.5 Å². The standard InChI is InChI=1S/C51H51Cl2N5O7/c1-32-38(30-64-49-18-47(62-29-37-15-35(21-55-3)23-57-25-37)40(16-44(49)52)26-58-13-5-4-12-46(58)51(60)61)8-6-10-42(32)43-11-7-9-39(33(43)2)31-65-50-19-48(41(27-59)17-45(50)53)63-28-36-14-34(20-54)22-56-24-36/h6-11,14-25,46,54,59H,4-5,12-13,26-31H2,1-3H3,(H,60,61)/t46-/m0/s1. The predicted molar refractivity (Wildman–Crippen MR) is 253 cm³/mol. The third-order valence-electron chi connectivity index (χ3n) is 11.5. The van der Waals surface area contributed by atoms with Crippen LogP contribution in [-0.2, 0) is 44.4 Å². The summed E-state index contributed by atoms with van der Waals surface area (Å²) in [6.07, 6.45) is 12.1. The number of nitrogens with one attached hydrogen (secondary N) is 1. The summed E-state index contributed by atoms with van der Waals surface area (Å²) in [6, 6.07) is 22.3. The number of halogens is 2. The fraction of sp³-hybridized carbons (Fsp3) is 0.275. The maximum atomic E-state index is 12.2. The summed E-state index contributed by atoms with van der Waals surface area (Å²) in [5.74, 6) is 0.999. The topological polar surface area (TPSA) is 160 Å². The summed E-state index contributed by atoms with van der Waals surface area (Å²) in [5.41, 5.74) is 10.5. The number of carboxylic acids is 1. The van der Waals surface area contributed by atoms with Crippen LogP contribution in [0.4, 0.5) is 0 Å². The Balaban J connectivity index is 1.08. The number of likely N-dealkylation sites (tertiary alicyclic amines) is 1. The van der Waals surface area contributed by atoms with Crippen LogP contribution < -0.4 is 18.9 Å². The molecule has 0 unspecified atom stereocenters. The number of nitrogens with zero attached hydrogens (tertiary/aromatic N) is 4. The number of benzene rings is 4. The van der Waals surface area contributed by atoms with E-state index in [2.05, 4.69) is 40.9 Å². The van der Waals surface area contributed by atoms with Gasteiger partial charge in [0.25, 0.3) is 0 Å². The molecule has 0 amide bonds. The lowest BCUT2D eigenvalue weighted by Gasteiger charge is -2.33. The lowest BCUT2D eigenvalue weighted by molar-refractivity contribution is -0.144. The molecule has 7 rings (SSSR count). The second kappa shape index (κ2) is 22.1. The van der Waals surface area contributed by atoms with Crippen LogP contribution in [0, 0.1) is 19.3 Å². The fourth-order valence-electron chi connectivity index (χ4n) is 7.94. The lowest BCUT2D eigenvalue weighted by atomic mass is 9.92. The van der Waals surface area contributed by atoms with Gasteiger partial charge in [-0.05, 0) is 90.9 Å². The Bertz CT molecular complexity index is 2690. The van der Waals surface area contributed by atoms with Gasteiger partial charge in [0.1, 0.15) is 55.5 Å². The van der Waals surface area contributed by atoms with E-state index in [1.165, 1.54) is 6.21 Å². The molecule has 0 spiro atoms. The van der Waals surface area contributed by atoms with E-state index in [1.54, 1.807) is 56.2 Å². The average molecular weight is 917 g/mol. The number of aromatic nitrogens is 2. The monoisotopic (exact) mass is 915 g/mol. The number of piperidine rings is 1. The number of carbonyl (C=O) groups is 1. The van der Waals surface area contributed by atoms with Gasteiger partial charge in [-0.1, -0.05) is 66.0 Å². The molecule has 2 aromatic heterocycles. The Morgan fingerprint density at radius 2 is 1.28 bits per heavy atom. The van der Waals surface area contributed by atoms with Crippen LogP contribution in [0.2, 0.25) is 10.0 Å². The van der Waals surface area contributed by atoms with Crippen molar-refractivity contribution in [2.45, 2.75) is 78.7 Å². The molecule has 1 fully saturated rings. The van der Waals surface area contributed by atoms with E-state index in [-0.39, 0.29) is 33.0 Å². The van der Waals surface area contributed by atoms with Crippen LogP contribution in [0.15, 0.2) is 103 Å². The highest BCUT2D eigenvalue weighted by atomic mass is 35.5. The molecule has 1 aliphatic rings. The number of hydrogen-bond donors (Lipinski definition) is 3. The Labute approximate surface area is 389 Å². The Morgan fingerprint density at radius 3 is 1.83 bits per heavy atom. The number of aliphatic hydroxyl groups excluding tert-OH is 1.